The number of aromatic nitrogens is 2. The Labute approximate surface area is 152 Å². The van der Waals surface area contributed by atoms with Gasteiger partial charge in [0.1, 0.15) is 5.92 Å². The fourth-order valence-electron chi connectivity index (χ4n) is 3.04. The lowest BCUT2D eigenvalue weighted by molar-refractivity contribution is -0.129. The number of benzene rings is 2. The summed E-state index contributed by atoms with van der Waals surface area (Å²) in [6, 6.07) is 15.0. The Morgan fingerprint density at radius 1 is 1.24 bits per heavy atom. The average Bonchev–Trinajstić information content (AvgIpc) is 3.17. The number of carbonyl (C=O) groups is 2. The van der Waals surface area contributed by atoms with Crippen LogP contribution in [-0.2, 0) is 9.59 Å². The summed E-state index contributed by atoms with van der Waals surface area (Å²) < 4.78 is 0.896. The number of hydrogen-bond acceptors (Lipinski definition) is 3. The number of para-hydroxylation sites is 2. The van der Waals surface area contributed by atoms with Gasteiger partial charge in [-0.15, -0.1) is 0 Å². The lowest BCUT2D eigenvalue weighted by atomic mass is 10.1. The Hall–Kier alpha value is -2.67. The van der Waals surface area contributed by atoms with Gasteiger partial charge in [0.25, 0.3) is 0 Å². The third-order valence-electron chi connectivity index (χ3n) is 4.27. The van der Waals surface area contributed by atoms with Crippen molar-refractivity contribution in [3.05, 3.63) is 53.0 Å². The maximum atomic E-state index is 12.6. The molecule has 0 radical (unpaired) electrons. The van der Waals surface area contributed by atoms with E-state index in [0.717, 1.165) is 21.2 Å². The van der Waals surface area contributed by atoms with E-state index in [1.807, 2.05) is 48.5 Å². The molecule has 1 aliphatic heterocycles. The number of carbonyl (C=O) groups excluding carboxylic acids is 2. The maximum absolute atomic E-state index is 12.6. The average molecular weight is 399 g/mol. The number of halogens is 1. The summed E-state index contributed by atoms with van der Waals surface area (Å²) >= 11 is 3.40. The molecule has 1 atom stereocenters. The van der Waals surface area contributed by atoms with Crippen LogP contribution in [0.15, 0.2) is 53.0 Å². The molecule has 1 aromatic heterocycles. The summed E-state index contributed by atoms with van der Waals surface area (Å²) in [5.41, 5.74) is 2.40. The first-order valence-electron chi connectivity index (χ1n) is 7.94. The van der Waals surface area contributed by atoms with Crippen LogP contribution in [-0.4, -0.2) is 28.3 Å². The van der Waals surface area contributed by atoms with Crippen molar-refractivity contribution in [2.24, 2.45) is 5.92 Å². The van der Waals surface area contributed by atoms with E-state index in [9.17, 15) is 9.59 Å². The lowest BCUT2D eigenvalue weighted by Crippen LogP contribution is -2.33. The molecule has 7 heteroatoms. The highest BCUT2D eigenvalue weighted by Crippen LogP contribution is 2.28. The largest absolute Gasteiger partial charge is 0.324 e. The highest BCUT2D eigenvalue weighted by molar-refractivity contribution is 9.10. The Morgan fingerprint density at radius 2 is 2.08 bits per heavy atom. The van der Waals surface area contributed by atoms with Crippen LogP contribution in [0.3, 0.4) is 0 Å². The lowest BCUT2D eigenvalue weighted by Gasteiger charge is -2.16. The highest BCUT2D eigenvalue weighted by atomic mass is 79.9. The molecule has 126 valence electrons. The molecule has 4 rings (SSSR count). The fourth-order valence-corrected chi connectivity index (χ4v) is 3.43. The minimum atomic E-state index is -0.702. The Bertz CT molecular complexity index is 935. The van der Waals surface area contributed by atoms with Crippen LogP contribution in [0.25, 0.3) is 11.0 Å². The van der Waals surface area contributed by atoms with Crippen LogP contribution < -0.4 is 10.2 Å². The summed E-state index contributed by atoms with van der Waals surface area (Å²) in [6.07, 6.45) is 0.484. The van der Waals surface area contributed by atoms with E-state index in [-0.39, 0.29) is 11.8 Å². The van der Waals surface area contributed by atoms with Crippen molar-refractivity contribution in [2.45, 2.75) is 6.42 Å². The van der Waals surface area contributed by atoms with Crippen LogP contribution in [0.5, 0.6) is 0 Å². The van der Waals surface area contributed by atoms with Crippen LogP contribution >= 0.6 is 15.9 Å². The monoisotopic (exact) mass is 398 g/mol. The second-order valence-electron chi connectivity index (χ2n) is 5.90. The minimum absolute atomic E-state index is 0.188. The van der Waals surface area contributed by atoms with Gasteiger partial charge >= 0.3 is 0 Å². The minimum Gasteiger partial charge on any atom is -0.324 e. The van der Waals surface area contributed by atoms with Gasteiger partial charge < -0.3 is 9.88 Å². The van der Waals surface area contributed by atoms with Crippen molar-refractivity contribution in [3.63, 3.8) is 0 Å². The van der Waals surface area contributed by atoms with Crippen molar-refractivity contribution in [1.29, 1.82) is 0 Å². The molecule has 25 heavy (non-hydrogen) atoms. The molecule has 2 aromatic carbocycles. The topological polar surface area (TPSA) is 78.1 Å². The maximum Gasteiger partial charge on any atom is 0.239 e. The molecule has 3 aromatic rings. The van der Waals surface area contributed by atoms with Crippen molar-refractivity contribution in [2.75, 3.05) is 16.8 Å². The van der Waals surface area contributed by atoms with E-state index in [1.165, 1.54) is 0 Å². The van der Waals surface area contributed by atoms with Crippen molar-refractivity contribution >= 4 is 50.4 Å². The second kappa shape index (κ2) is 6.33. The molecule has 2 heterocycles. The zero-order chi connectivity index (χ0) is 17.4. The summed E-state index contributed by atoms with van der Waals surface area (Å²) in [5, 5.41) is 2.72. The van der Waals surface area contributed by atoms with E-state index >= 15 is 0 Å². The summed E-state index contributed by atoms with van der Waals surface area (Å²) in [7, 11) is 0. The van der Waals surface area contributed by atoms with Gasteiger partial charge in [0.05, 0.1) is 11.0 Å². The van der Waals surface area contributed by atoms with Crippen molar-refractivity contribution in [1.82, 2.24) is 9.97 Å². The van der Waals surface area contributed by atoms with E-state index in [2.05, 4.69) is 31.2 Å². The molecule has 0 saturated carbocycles. The van der Waals surface area contributed by atoms with Gasteiger partial charge in [0.2, 0.25) is 17.8 Å². The molecule has 1 aliphatic rings. The molecule has 0 aliphatic carbocycles. The van der Waals surface area contributed by atoms with Crippen LogP contribution in [0.4, 0.5) is 11.6 Å². The van der Waals surface area contributed by atoms with Crippen LogP contribution in [0, 0.1) is 5.92 Å². The van der Waals surface area contributed by atoms with Gasteiger partial charge in [0, 0.05) is 16.7 Å². The number of amides is 2. The zero-order valence-corrected chi connectivity index (χ0v) is 14.8. The number of rotatable bonds is 3. The van der Waals surface area contributed by atoms with Gasteiger partial charge in [-0.3, -0.25) is 14.9 Å². The van der Waals surface area contributed by atoms with E-state index in [0.29, 0.717) is 18.9 Å². The molecule has 2 N–H and O–H groups in total. The molecule has 6 nitrogen and oxygen atoms in total. The number of H-pyrrole nitrogens is 1. The molecule has 1 fully saturated rings. The predicted octanol–water partition coefficient (Wildman–Crippen LogP) is 3.32. The van der Waals surface area contributed by atoms with Crippen molar-refractivity contribution < 1.29 is 9.59 Å². The molecule has 1 saturated heterocycles. The number of anilines is 2. The summed E-state index contributed by atoms with van der Waals surface area (Å²) in [5.74, 6) is -0.861. The number of aromatic amines is 1. The third kappa shape index (κ3) is 3.02. The van der Waals surface area contributed by atoms with Crippen LogP contribution in [0.2, 0.25) is 0 Å². The molecule has 0 bridgehead atoms. The van der Waals surface area contributed by atoms with Gasteiger partial charge in [-0.2, -0.15) is 0 Å². The SMILES string of the molecule is O=C(Nc1nc2ccccc2[nH]1)[C@@H]1CCN(c2cccc(Br)c2)C1=O. The molecular weight excluding hydrogens is 384 g/mol. The van der Waals surface area contributed by atoms with Crippen LogP contribution in [0.1, 0.15) is 6.42 Å². The first kappa shape index (κ1) is 15.8. The first-order chi connectivity index (χ1) is 12.1. The Balaban J connectivity index is 1.50. The smallest absolute Gasteiger partial charge is 0.239 e. The highest BCUT2D eigenvalue weighted by Gasteiger charge is 2.37. The Morgan fingerprint density at radius 3 is 2.88 bits per heavy atom. The summed E-state index contributed by atoms with van der Waals surface area (Å²) in [6.45, 7) is 0.521. The third-order valence-corrected chi connectivity index (χ3v) is 4.77. The van der Waals surface area contributed by atoms with E-state index in [4.69, 9.17) is 0 Å². The van der Waals surface area contributed by atoms with Gasteiger partial charge in [-0.25, -0.2) is 4.98 Å². The predicted molar refractivity (Wildman–Crippen MR) is 99.3 cm³/mol. The van der Waals surface area contributed by atoms with E-state index in [1.54, 1.807) is 4.90 Å². The number of nitrogens with zero attached hydrogens (tertiary/aromatic N) is 2. The van der Waals surface area contributed by atoms with Gasteiger partial charge in [-0.05, 0) is 36.8 Å². The standard InChI is InChI=1S/C18H15BrN4O2/c19-11-4-3-5-12(10-11)23-9-8-13(17(23)25)16(24)22-18-20-14-6-1-2-7-15(14)21-18/h1-7,10,13H,8-9H2,(H2,20,21,22,24)/t13-/m0/s1. The number of fused-ring (bicyclic) bond motifs is 1. The molecular formula is C18H15BrN4O2. The quantitative estimate of drug-likeness (QED) is 0.664. The van der Waals surface area contributed by atoms with Gasteiger partial charge in [-0.1, -0.05) is 34.1 Å². The fraction of sp³-hybridized carbons (Fsp3) is 0.167. The summed E-state index contributed by atoms with van der Waals surface area (Å²) in [4.78, 5) is 34.2. The van der Waals surface area contributed by atoms with Gasteiger partial charge in [0.15, 0.2) is 0 Å². The number of imidazole rings is 1. The Kier molecular flexibility index (Phi) is 4.01. The molecule has 0 unspecified atom stereocenters. The number of nitrogens with one attached hydrogen (secondary N) is 2. The normalized spacial score (nSPS) is 17.2. The number of hydrogen-bond donors (Lipinski definition) is 2. The zero-order valence-electron chi connectivity index (χ0n) is 13.2. The van der Waals surface area contributed by atoms with E-state index < -0.39 is 5.92 Å². The molecule has 0 spiro atoms. The second-order valence-corrected chi connectivity index (χ2v) is 6.82. The molecule has 2 amide bonds. The van der Waals surface area contributed by atoms with Crippen molar-refractivity contribution in [3.8, 4) is 0 Å². The first-order valence-corrected chi connectivity index (χ1v) is 8.74.